The number of nitrogens with zero attached hydrogens (tertiary/aromatic N) is 1. The van der Waals surface area contributed by atoms with Crippen molar-refractivity contribution in [3.05, 3.63) is 0 Å². The number of ether oxygens (including phenoxy) is 1. The summed E-state index contributed by atoms with van der Waals surface area (Å²) < 4.78 is 5.30. The van der Waals surface area contributed by atoms with Gasteiger partial charge in [0.1, 0.15) is 0 Å². The highest BCUT2D eigenvalue weighted by Gasteiger charge is 2.25. The zero-order valence-electron chi connectivity index (χ0n) is 10.6. The van der Waals surface area contributed by atoms with Crippen molar-refractivity contribution in [1.29, 1.82) is 0 Å². The lowest BCUT2D eigenvalue weighted by Gasteiger charge is -2.29. The van der Waals surface area contributed by atoms with E-state index in [2.05, 4.69) is 0 Å². The minimum atomic E-state index is -0.310. The van der Waals surface area contributed by atoms with Gasteiger partial charge in [0, 0.05) is 26.8 Å². The average Bonchev–Trinajstić information content (AvgIpc) is 2.30. The van der Waals surface area contributed by atoms with Crippen LogP contribution < -0.4 is 5.73 Å². The third-order valence-electron chi connectivity index (χ3n) is 3.30. The molecule has 0 aromatic heterocycles. The number of amides is 1. The maximum absolute atomic E-state index is 12.1. The molecule has 4 nitrogen and oxygen atoms in total. The van der Waals surface area contributed by atoms with Gasteiger partial charge in [-0.2, -0.15) is 0 Å². The van der Waals surface area contributed by atoms with Gasteiger partial charge in [0.05, 0.1) is 10.9 Å². The molecule has 1 aliphatic heterocycles. The zero-order valence-corrected chi connectivity index (χ0v) is 11.5. The van der Waals surface area contributed by atoms with Crippen LogP contribution in [0.5, 0.6) is 0 Å². The third-order valence-corrected chi connectivity index (χ3v) is 3.58. The Balaban J connectivity index is 2.47. The van der Waals surface area contributed by atoms with E-state index in [1.165, 1.54) is 0 Å². The smallest absolute Gasteiger partial charge is 0.232 e. The summed E-state index contributed by atoms with van der Waals surface area (Å²) in [6, 6.07) is 0. The van der Waals surface area contributed by atoms with Crippen molar-refractivity contribution in [3.8, 4) is 0 Å². The molecule has 1 heterocycles. The van der Waals surface area contributed by atoms with E-state index in [0.717, 1.165) is 32.6 Å². The Labute approximate surface area is 108 Å². The highest BCUT2D eigenvalue weighted by atomic mass is 32.1. The fourth-order valence-corrected chi connectivity index (χ4v) is 2.44. The lowest BCUT2D eigenvalue weighted by atomic mass is 9.98. The minimum Gasteiger partial charge on any atom is -0.393 e. The quantitative estimate of drug-likeness (QED) is 0.753. The van der Waals surface area contributed by atoms with Crippen LogP contribution in [-0.2, 0) is 9.53 Å². The number of hydrogen-bond donors (Lipinski definition) is 1. The molecule has 0 aromatic rings. The second kappa shape index (κ2) is 6.91. The molecular formula is C12H22N2O2S. The number of carbonyl (C=O) groups is 1. The first-order chi connectivity index (χ1) is 8.06. The van der Waals surface area contributed by atoms with E-state index >= 15 is 0 Å². The van der Waals surface area contributed by atoms with Gasteiger partial charge in [0.2, 0.25) is 5.91 Å². The van der Waals surface area contributed by atoms with Gasteiger partial charge in [-0.25, -0.2) is 0 Å². The monoisotopic (exact) mass is 258 g/mol. The normalized spacial score (nSPS) is 18.7. The number of nitrogens with two attached hydrogens (primary N) is 1. The van der Waals surface area contributed by atoms with Gasteiger partial charge in [0.15, 0.2) is 0 Å². The molecule has 98 valence electrons. The average molecular weight is 258 g/mol. The van der Waals surface area contributed by atoms with Crippen LogP contribution in [0.1, 0.15) is 26.2 Å². The van der Waals surface area contributed by atoms with Crippen LogP contribution in [0.25, 0.3) is 0 Å². The van der Waals surface area contributed by atoms with E-state index in [4.69, 9.17) is 22.7 Å². The van der Waals surface area contributed by atoms with E-state index in [0.29, 0.717) is 17.3 Å². The van der Waals surface area contributed by atoms with Crippen LogP contribution >= 0.6 is 12.2 Å². The Kier molecular flexibility index (Phi) is 5.85. The van der Waals surface area contributed by atoms with Crippen molar-refractivity contribution in [2.24, 2.45) is 17.6 Å². The molecule has 2 N–H and O–H groups in total. The fraction of sp³-hybridized carbons (Fsp3) is 0.833. The minimum absolute atomic E-state index is 0.0477. The second-order valence-electron chi connectivity index (χ2n) is 4.64. The number of carbonyl (C=O) groups excluding carboxylic acids is 1. The largest absolute Gasteiger partial charge is 0.393 e. The van der Waals surface area contributed by atoms with Gasteiger partial charge in [-0.3, -0.25) is 4.79 Å². The standard InChI is InChI=1S/C12H22N2O2S/c1-3-10(11(13)17)12(15)14(2)8-9-4-6-16-7-5-9/h9-10H,3-8H2,1-2H3,(H2,13,17). The third kappa shape index (κ3) is 4.24. The van der Waals surface area contributed by atoms with Crippen LogP contribution in [0.15, 0.2) is 0 Å². The lowest BCUT2D eigenvalue weighted by Crippen LogP contribution is -2.41. The molecule has 1 saturated heterocycles. The van der Waals surface area contributed by atoms with Gasteiger partial charge in [0.25, 0.3) is 0 Å². The Morgan fingerprint density at radius 3 is 2.59 bits per heavy atom. The molecule has 0 radical (unpaired) electrons. The molecule has 0 spiro atoms. The summed E-state index contributed by atoms with van der Waals surface area (Å²) in [5.41, 5.74) is 5.58. The zero-order chi connectivity index (χ0) is 12.8. The van der Waals surface area contributed by atoms with Gasteiger partial charge < -0.3 is 15.4 Å². The van der Waals surface area contributed by atoms with E-state index in [9.17, 15) is 4.79 Å². The summed E-state index contributed by atoms with van der Waals surface area (Å²) in [6.07, 6.45) is 2.73. The first-order valence-electron chi connectivity index (χ1n) is 6.18. The Hall–Kier alpha value is -0.680. The van der Waals surface area contributed by atoms with Crippen LogP contribution in [0.2, 0.25) is 0 Å². The van der Waals surface area contributed by atoms with Crippen molar-refractivity contribution in [3.63, 3.8) is 0 Å². The molecule has 1 aliphatic rings. The first-order valence-corrected chi connectivity index (χ1v) is 6.59. The van der Waals surface area contributed by atoms with Gasteiger partial charge in [-0.05, 0) is 25.2 Å². The molecule has 5 heteroatoms. The number of hydrogen-bond acceptors (Lipinski definition) is 3. The molecular weight excluding hydrogens is 236 g/mol. The van der Waals surface area contributed by atoms with E-state index in [1.807, 2.05) is 14.0 Å². The first kappa shape index (κ1) is 14.4. The van der Waals surface area contributed by atoms with Gasteiger partial charge in [-0.1, -0.05) is 19.1 Å². The Morgan fingerprint density at radius 2 is 2.12 bits per heavy atom. The summed E-state index contributed by atoms with van der Waals surface area (Å²) in [6.45, 7) is 4.32. The summed E-state index contributed by atoms with van der Waals surface area (Å²) in [4.78, 5) is 14.2. The van der Waals surface area contributed by atoms with Crippen LogP contribution in [0.4, 0.5) is 0 Å². The molecule has 0 aliphatic carbocycles. The molecule has 1 amide bonds. The molecule has 17 heavy (non-hydrogen) atoms. The molecule has 0 saturated carbocycles. The van der Waals surface area contributed by atoms with Gasteiger partial charge in [-0.15, -0.1) is 0 Å². The van der Waals surface area contributed by atoms with Crippen molar-refractivity contribution < 1.29 is 9.53 Å². The van der Waals surface area contributed by atoms with Crippen LogP contribution in [-0.4, -0.2) is 42.6 Å². The Morgan fingerprint density at radius 1 is 1.53 bits per heavy atom. The summed E-state index contributed by atoms with van der Waals surface area (Å²) in [5.74, 6) is 0.280. The highest BCUT2D eigenvalue weighted by molar-refractivity contribution is 7.80. The summed E-state index contributed by atoms with van der Waals surface area (Å²) >= 11 is 4.93. The predicted octanol–water partition coefficient (Wildman–Crippen LogP) is 1.18. The van der Waals surface area contributed by atoms with E-state index in [1.54, 1.807) is 4.90 Å². The molecule has 1 rings (SSSR count). The van der Waals surface area contributed by atoms with Crippen LogP contribution in [0.3, 0.4) is 0 Å². The SMILES string of the molecule is CCC(C(=O)N(C)CC1CCOCC1)C(N)=S. The van der Waals surface area contributed by atoms with Crippen molar-refractivity contribution in [1.82, 2.24) is 4.90 Å². The number of rotatable bonds is 5. The summed E-state index contributed by atoms with van der Waals surface area (Å²) in [5, 5.41) is 0. The molecule has 1 fully saturated rings. The fourth-order valence-electron chi connectivity index (χ4n) is 2.17. The molecule has 1 atom stereocenters. The second-order valence-corrected chi connectivity index (χ2v) is 5.11. The molecule has 0 bridgehead atoms. The summed E-state index contributed by atoms with van der Waals surface area (Å²) in [7, 11) is 1.83. The van der Waals surface area contributed by atoms with Gasteiger partial charge >= 0.3 is 0 Å². The maximum Gasteiger partial charge on any atom is 0.232 e. The lowest BCUT2D eigenvalue weighted by molar-refractivity contribution is -0.133. The molecule has 0 aromatic carbocycles. The highest BCUT2D eigenvalue weighted by Crippen LogP contribution is 2.17. The van der Waals surface area contributed by atoms with Crippen molar-refractivity contribution in [2.75, 3.05) is 26.8 Å². The molecule has 1 unspecified atom stereocenters. The van der Waals surface area contributed by atoms with Crippen LogP contribution in [0, 0.1) is 11.8 Å². The predicted molar refractivity (Wildman–Crippen MR) is 71.7 cm³/mol. The van der Waals surface area contributed by atoms with E-state index in [-0.39, 0.29) is 11.8 Å². The number of thiocarbonyl (C=S) groups is 1. The van der Waals surface area contributed by atoms with Crippen molar-refractivity contribution >= 4 is 23.1 Å². The van der Waals surface area contributed by atoms with E-state index < -0.39 is 0 Å². The van der Waals surface area contributed by atoms with Crippen molar-refractivity contribution in [2.45, 2.75) is 26.2 Å². The topological polar surface area (TPSA) is 55.6 Å². The Bertz CT molecular complexity index is 278. The maximum atomic E-state index is 12.1.